The van der Waals surface area contributed by atoms with Gasteiger partial charge in [-0.3, -0.25) is 0 Å². The third-order valence-electron chi connectivity index (χ3n) is 1.55. The molecule has 0 aliphatic carbocycles. The van der Waals surface area contributed by atoms with Crippen LogP contribution in [0, 0.1) is 11.8 Å². The van der Waals surface area contributed by atoms with E-state index in [1.54, 1.807) is 0 Å². The standard InChI is InChI=1S/C10H17ClO/c1-2-3-4-5-6-7-8-10(12)9-11/h10,12H,2-5,8-9H2,1H3. The molecule has 0 saturated heterocycles. The van der Waals surface area contributed by atoms with Crippen molar-refractivity contribution in [2.45, 2.75) is 45.1 Å². The first-order chi connectivity index (χ1) is 5.81. The summed E-state index contributed by atoms with van der Waals surface area (Å²) in [6.45, 7) is 2.17. The van der Waals surface area contributed by atoms with Crippen LogP contribution in [-0.2, 0) is 0 Å². The van der Waals surface area contributed by atoms with Crippen LogP contribution in [0.3, 0.4) is 0 Å². The van der Waals surface area contributed by atoms with Crippen molar-refractivity contribution >= 4 is 11.6 Å². The average Bonchev–Trinajstić information content (AvgIpc) is 2.10. The van der Waals surface area contributed by atoms with Gasteiger partial charge in [-0.05, 0) is 6.42 Å². The summed E-state index contributed by atoms with van der Waals surface area (Å²) in [7, 11) is 0. The van der Waals surface area contributed by atoms with E-state index in [-0.39, 0.29) is 5.88 Å². The first-order valence-corrected chi connectivity index (χ1v) is 5.04. The Hall–Kier alpha value is -0.190. The number of unbranched alkanes of at least 4 members (excludes halogenated alkanes) is 3. The lowest BCUT2D eigenvalue weighted by molar-refractivity contribution is 0.204. The highest BCUT2D eigenvalue weighted by Gasteiger charge is 1.96. The van der Waals surface area contributed by atoms with E-state index in [2.05, 4.69) is 18.8 Å². The van der Waals surface area contributed by atoms with Gasteiger partial charge in [0, 0.05) is 18.7 Å². The Morgan fingerprint density at radius 1 is 1.33 bits per heavy atom. The molecule has 0 rings (SSSR count). The Morgan fingerprint density at radius 3 is 2.67 bits per heavy atom. The summed E-state index contributed by atoms with van der Waals surface area (Å²) in [6, 6.07) is 0. The molecule has 0 aliphatic heterocycles. The third kappa shape index (κ3) is 7.91. The Morgan fingerprint density at radius 2 is 2.08 bits per heavy atom. The maximum Gasteiger partial charge on any atom is 0.0784 e. The zero-order valence-corrected chi connectivity index (χ0v) is 8.40. The van der Waals surface area contributed by atoms with Gasteiger partial charge in [0.25, 0.3) is 0 Å². The van der Waals surface area contributed by atoms with Crippen molar-refractivity contribution in [2.24, 2.45) is 0 Å². The van der Waals surface area contributed by atoms with Crippen LogP contribution in [0.1, 0.15) is 39.0 Å². The second-order valence-electron chi connectivity index (χ2n) is 2.82. The number of aliphatic hydroxyl groups is 1. The summed E-state index contributed by atoms with van der Waals surface area (Å²) in [6.07, 6.45) is 4.64. The Kier molecular flexibility index (Phi) is 8.76. The molecule has 0 spiro atoms. The van der Waals surface area contributed by atoms with E-state index >= 15 is 0 Å². The zero-order valence-electron chi connectivity index (χ0n) is 7.65. The van der Waals surface area contributed by atoms with Crippen LogP contribution in [-0.4, -0.2) is 17.1 Å². The minimum absolute atomic E-state index is 0.281. The van der Waals surface area contributed by atoms with Crippen LogP contribution >= 0.6 is 11.6 Å². The molecule has 0 aromatic rings. The number of rotatable bonds is 5. The summed E-state index contributed by atoms with van der Waals surface area (Å²) in [5.74, 6) is 6.21. The Labute approximate surface area is 80.1 Å². The van der Waals surface area contributed by atoms with Crippen LogP contribution in [0.4, 0.5) is 0 Å². The number of hydrogen-bond acceptors (Lipinski definition) is 1. The Bertz CT molecular complexity index is 146. The molecule has 0 aromatic carbocycles. The fraction of sp³-hybridized carbons (Fsp3) is 0.800. The van der Waals surface area contributed by atoms with E-state index in [1.165, 1.54) is 19.3 Å². The first-order valence-electron chi connectivity index (χ1n) is 4.51. The van der Waals surface area contributed by atoms with Gasteiger partial charge >= 0.3 is 0 Å². The van der Waals surface area contributed by atoms with E-state index in [1.807, 2.05) is 0 Å². The maximum atomic E-state index is 9.03. The molecule has 0 aliphatic rings. The highest BCUT2D eigenvalue weighted by Crippen LogP contribution is 1.97. The number of hydrogen-bond donors (Lipinski definition) is 1. The van der Waals surface area contributed by atoms with Crippen molar-refractivity contribution in [2.75, 3.05) is 5.88 Å². The van der Waals surface area contributed by atoms with E-state index < -0.39 is 6.10 Å². The topological polar surface area (TPSA) is 20.2 Å². The molecule has 1 atom stereocenters. The summed E-state index contributed by atoms with van der Waals surface area (Å²) in [5, 5.41) is 9.03. The monoisotopic (exact) mass is 188 g/mol. The molecular weight excluding hydrogens is 172 g/mol. The van der Waals surface area contributed by atoms with Gasteiger partial charge in [-0.1, -0.05) is 19.8 Å². The highest BCUT2D eigenvalue weighted by atomic mass is 35.5. The second kappa shape index (κ2) is 8.90. The molecule has 0 fully saturated rings. The van der Waals surface area contributed by atoms with E-state index in [9.17, 15) is 0 Å². The molecular formula is C10H17ClO. The Balaban J connectivity index is 3.22. The third-order valence-corrected chi connectivity index (χ3v) is 1.90. The van der Waals surface area contributed by atoms with Crippen molar-refractivity contribution in [1.29, 1.82) is 0 Å². The highest BCUT2D eigenvalue weighted by molar-refractivity contribution is 6.18. The van der Waals surface area contributed by atoms with Gasteiger partial charge in [0.15, 0.2) is 0 Å². The summed E-state index contributed by atoms with van der Waals surface area (Å²) in [5.41, 5.74) is 0. The predicted molar refractivity (Wildman–Crippen MR) is 53.3 cm³/mol. The molecule has 0 saturated carbocycles. The van der Waals surface area contributed by atoms with Gasteiger partial charge in [0.05, 0.1) is 6.10 Å². The number of aliphatic hydroxyl groups excluding tert-OH is 1. The molecule has 0 heterocycles. The molecule has 1 N–H and O–H groups in total. The minimum atomic E-state index is -0.453. The summed E-state index contributed by atoms with van der Waals surface area (Å²) < 4.78 is 0. The van der Waals surface area contributed by atoms with Crippen LogP contribution in [0.2, 0.25) is 0 Å². The molecule has 1 unspecified atom stereocenters. The van der Waals surface area contributed by atoms with Gasteiger partial charge in [-0.15, -0.1) is 23.4 Å². The molecule has 0 aromatic heterocycles. The van der Waals surface area contributed by atoms with Gasteiger partial charge in [0.1, 0.15) is 0 Å². The molecule has 0 radical (unpaired) electrons. The summed E-state index contributed by atoms with van der Waals surface area (Å²) >= 11 is 5.40. The van der Waals surface area contributed by atoms with Crippen LogP contribution < -0.4 is 0 Å². The largest absolute Gasteiger partial charge is 0.391 e. The van der Waals surface area contributed by atoms with Crippen molar-refractivity contribution < 1.29 is 5.11 Å². The van der Waals surface area contributed by atoms with E-state index in [0.717, 1.165) is 6.42 Å². The fourth-order valence-corrected chi connectivity index (χ4v) is 0.905. The SMILES string of the molecule is CCCCCC#CCC(O)CCl. The molecule has 12 heavy (non-hydrogen) atoms. The van der Waals surface area contributed by atoms with Crippen LogP contribution in [0.15, 0.2) is 0 Å². The van der Waals surface area contributed by atoms with Gasteiger partial charge < -0.3 is 5.11 Å². The lowest BCUT2D eigenvalue weighted by Crippen LogP contribution is -2.05. The normalized spacial score (nSPS) is 11.9. The maximum absolute atomic E-state index is 9.03. The number of alkyl halides is 1. The second-order valence-corrected chi connectivity index (χ2v) is 3.13. The molecule has 70 valence electrons. The number of halogens is 1. The van der Waals surface area contributed by atoms with E-state index in [0.29, 0.717) is 6.42 Å². The molecule has 0 amide bonds. The van der Waals surface area contributed by atoms with Crippen molar-refractivity contribution in [3.8, 4) is 11.8 Å². The van der Waals surface area contributed by atoms with Gasteiger partial charge in [-0.2, -0.15) is 0 Å². The molecule has 2 heteroatoms. The minimum Gasteiger partial charge on any atom is -0.391 e. The lowest BCUT2D eigenvalue weighted by Gasteiger charge is -1.97. The molecule has 0 bridgehead atoms. The van der Waals surface area contributed by atoms with Crippen molar-refractivity contribution in [3.05, 3.63) is 0 Å². The van der Waals surface area contributed by atoms with Crippen molar-refractivity contribution in [1.82, 2.24) is 0 Å². The molecule has 1 nitrogen and oxygen atoms in total. The van der Waals surface area contributed by atoms with Crippen LogP contribution in [0.25, 0.3) is 0 Å². The quantitative estimate of drug-likeness (QED) is 0.400. The lowest BCUT2D eigenvalue weighted by atomic mass is 10.2. The zero-order chi connectivity index (χ0) is 9.23. The van der Waals surface area contributed by atoms with Gasteiger partial charge in [-0.25, -0.2) is 0 Å². The van der Waals surface area contributed by atoms with Gasteiger partial charge in [0.2, 0.25) is 0 Å². The smallest absolute Gasteiger partial charge is 0.0784 e. The fourth-order valence-electron chi connectivity index (χ4n) is 0.796. The average molecular weight is 189 g/mol. The van der Waals surface area contributed by atoms with Crippen molar-refractivity contribution in [3.63, 3.8) is 0 Å². The van der Waals surface area contributed by atoms with E-state index in [4.69, 9.17) is 16.7 Å². The summed E-state index contributed by atoms with van der Waals surface area (Å²) in [4.78, 5) is 0. The first kappa shape index (κ1) is 11.8. The predicted octanol–water partition coefficient (Wildman–Crippen LogP) is 2.56. The van der Waals surface area contributed by atoms with Crippen LogP contribution in [0.5, 0.6) is 0 Å².